The molecule has 0 fully saturated rings. The SMILES string of the molecule is CC(C)CC(CN)CC(=O)NCCC(C)(C)C. The Balaban J connectivity index is 3.83. The van der Waals surface area contributed by atoms with E-state index in [1.165, 1.54) is 0 Å². The summed E-state index contributed by atoms with van der Waals surface area (Å²) in [6, 6.07) is 0. The molecule has 0 heterocycles. The maximum atomic E-state index is 11.7. The zero-order valence-electron chi connectivity index (χ0n) is 12.2. The van der Waals surface area contributed by atoms with Crippen LogP contribution < -0.4 is 11.1 Å². The lowest BCUT2D eigenvalue weighted by molar-refractivity contribution is -0.122. The molecular formula is C14H30N2O. The van der Waals surface area contributed by atoms with Gasteiger partial charge in [0.1, 0.15) is 0 Å². The smallest absolute Gasteiger partial charge is 0.220 e. The molecule has 3 N–H and O–H groups in total. The van der Waals surface area contributed by atoms with Crippen LogP contribution in [-0.4, -0.2) is 19.0 Å². The Morgan fingerprint density at radius 1 is 1.29 bits per heavy atom. The number of rotatable bonds is 7. The third kappa shape index (κ3) is 10.3. The minimum Gasteiger partial charge on any atom is -0.356 e. The van der Waals surface area contributed by atoms with Gasteiger partial charge in [0.25, 0.3) is 0 Å². The van der Waals surface area contributed by atoms with Gasteiger partial charge in [0.05, 0.1) is 0 Å². The monoisotopic (exact) mass is 242 g/mol. The normalized spacial score (nSPS) is 13.8. The largest absolute Gasteiger partial charge is 0.356 e. The van der Waals surface area contributed by atoms with Crippen LogP contribution in [0.25, 0.3) is 0 Å². The van der Waals surface area contributed by atoms with Crippen molar-refractivity contribution in [1.82, 2.24) is 5.32 Å². The number of nitrogens with one attached hydrogen (secondary N) is 1. The molecule has 0 aliphatic heterocycles. The molecule has 17 heavy (non-hydrogen) atoms. The van der Waals surface area contributed by atoms with Crippen LogP contribution in [0.5, 0.6) is 0 Å². The maximum Gasteiger partial charge on any atom is 0.220 e. The zero-order chi connectivity index (χ0) is 13.5. The molecule has 0 saturated heterocycles. The Morgan fingerprint density at radius 3 is 2.29 bits per heavy atom. The highest BCUT2D eigenvalue weighted by Crippen LogP contribution is 2.17. The lowest BCUT2D eigenvalue weighted by Gasteiger charge is -2.19. The summed E-state index contributed by atoms with van der Waals surface area (Å²) in [4.78, 5) is 11.7. The van der Waals surface area contributed by atoms with E-state index in [9.17, 15) is 4.79 Å². The molecule has 0 radical (unpaired) electrons. The molecule has 0 aromatic heterocycles. The molecular weight excluding hydrogens is 212 g/mol. The first kappa shape index (κ1) is 16.4. The van der Waals surface area contributed by atoms with Gasteiger partial charge in [-0.1, -0.05) is 34.6 Å². The van der Waals surface area contributed by atoms with Crippen LogP contribution >= 0.6 is 0 Å². The third-order valence-electron chi connectivity index (χ3n) is 2.81. The first-order valence-corrected chi connectivity index (χ1v) is 6.71. The summed E-state index contributed by atoms with van der Waals surface area (Å²) in [6.07, 6.45) is 2.61. The lowest BCUT2D eigenvalue weighted by Crippen LogP contribution is -2.31. The van der Waals surface area contributed by atoms with Crippen molar-refractivity contribution < 1.29 is 4.79 Å². The van der Waals surface area contributed by atoms with Crippen LogP contribution in [0.4, 0.5) is 0 Å². The molecule has 3 nitrogen and oxygen atoms in total. The van der Waals surface area contributed by atoms with E-state index < -0.39 is 0 Å². The van der Waals surface area contributed by atoms with Crippen molar-refractivity contribution in [3.05, 3.63) is 0 Å². The van der Waals surface area contributed by atoms with E-state index in [0.717, 1.165) is 19.4 Å². The fraction of sp³-hybridized carbons (Fsp3) is 0.929. The summed E-state index contributed by atoms with van der Waals surface area (Å²) in [5, 5.41) is 2.98. The number of carbonyl (C=O) groups excluding carboxylic acids is 1. The Bertz CT molecular complexity index is 219. The Kier molecular flexibility index (Phi) is 7.44. The van der Waals surface area contributed by atoms with Gasteiger partial charge in [0.2, 0.25) is 5.91 Å². The lowest BCUT2D eigenvalue weighted by atomic mass is 9.92. The van der Waals surface area contributed by atoms with E-state index in [4.69, 9.17) is 5.73 Å². The summed E-state index contributed by atoms with van der Waals surface area (Å²) >= 11 is 0. The molecule has 0 bridgehead atoms. The average molecular weight is 242 g/mol. The summed E-state index contributed by atoms with van der Waals surface area (Å²) < 4.78 is 0. The first-order chi connectivity index (χ1) is 7.74. The number of amides is 1. The van der Waals surface area contributed by atoms with E-state index in [1.54, 1.807) is 0 Å². The van der Waals surface area contributed by atoms with Gasteiger partial charge in [-0.25, -0.2) is 0 Å². The van der Waals surface area contributed by atoms with E-state index in [-0.39, 0.29) is 11.3 Å². The molecule has 0 saturated carbocycles. The van der Waals surface area contributed by atoms with E-state index in [2.05, 4.69) is 39.9 Å². The van der Waals surface area contributed by atoms with Gasteiger partial charge in [-0.15, -0.1) is 0 Å². The highest BCUT2D eigenvalue weighted by Gasteiger charge is 2.15. The standard InChI is InChI=1S/C14H30N2O/c1-11(2)8-12(10-15)9-13(17)16-7-6-14(3,4)5/h11-12H,6-10,15H2,1-5H3,(H,16,17). The Labute approximate surface area is 107 Å². The van der Waals surface area contributed by atoms with Crippen LogP contribution in [0.15, 0.2) is 0 Å². The van der Waals surface area contributed by atoms with Gasteiger partial charge in [-0.3, -0.25) is 4.79 Å². The van der Waals surface area contributed by atoms with Gasteiger partial charge in [-0.05, 0) is 36.6 Å². The zero-order valence-corrected chi connectivity index (χ0v) is 12.2. The number of nitrogens with two attached hydrogens (primary N) is 1. The predicted octanol–water partition coefficient (Wildman–Crippen LogP) is 2.55. The summed E-state index contributed by atoms with van der Waals surface area (Å²) in [7, 11) is 0. The van der Waals surface area contributed by atoms with Crippen LogP contribution in [0.3, 0.4) is 0 Å². The molecule has 0 aromatic carbocycles. The minimum atomic E-state index is 0.144. The molecule has 1 amide bonds. The van der Waals surface area contributed by atoms with E-state index >= 15 is 0 Å². The van der Waals surface area contributed by atoms with Crippen molar-refractivity contribution in [3.8, 4) is 0 Å². The van der Waals surface area contributed by atoms with Gasteiger partial charge in [0, 0.05) is 13.0 Å². The molecule has 0 spiro atoms. The number of hydrogen-bond acceptors (Lipinski definition) is 2. The summed E-state index contributed by atoms with van der Waals surface area (Å²) in [6.45, 7) is 12.2. The number of carbonyl (C=O) groups is 1. The molecule has 3 heteroatoms. The second-order valence-corrected chi connectivity index (χ2v) is 6.60. The Hall–Kier alpha value is -0.570. The van der Waals surface area contributed by atoms with Gasteiger partial charge in [-0.2, -0.15) is 0 Å². The highest BCUT2D eigenvalue weighted by atomic mass is 16.1. The molecule has 0 aliphatic rings. The van der Waals surface area contributed by atoms with Crippen LogP contribution in [0.1, 0.15) is 53.9 Å². The van der Waals surface area contributed by atoms with Crippen molar-refractivity contribution in [2.24, 2.45) is 23.0 Å². The van der Waals surface area contributed by atoms with Crippen LogP contribution in [-0.2, 0) is 4.79 Å². The quantitative estimate of drug-likeness (QED) is 0.721. The second kappa shape index (κ2) is 7.70. The van der Waals surface area contributed by atoms with Crippen LogP contribution in [0, 0.1) is 17.3 Å². The average Bonchev–Trinajstić information content (AvgIpc) is 2.13. The van der Waals surface area contributed by atoms with Crippen molar-refractivity contribution in [3.63, 3.8) is 0 Å². The fourth-order valence-electron chi connectivity index (χ4n) is 1.84. The number of hydrogen-bond donors (Lipinski definition) is 2. The molecule has 1 unspecified atom stereocenters. The fourth-order valence-corrected chi connectivity index (χ4v) is 1.84. The third-order valence-corrected chi connectivity index (χ3v) is 2.81. The van der Waals surface area contributed by atoms with Gasteiger partial charge < -0.3 is 11.1 Å². The van der Waals surface area contributed by atoms with Crippen molar-refractivity contribution in [2.45, 2.75) is 53.9 Å². The predicted molar refractivity (Wildman–Crippen MR) is 73.7 cm³/mol. The maximum absolute atomic E-state index is 11.7. The highest BCUT2D eigenvalue weighted by molar-refractivity contribution is 5.76. The molecule has 0 rings (SSSR count). The minimum absolute atomic E-state index is 0.144. The molecule has 1 atom stereocenters. The summed E-state index contributed by atoms with van der Waals surface area (Å²) in [5.74, 6) is 1.07. The van der Waals surface area contributed by atoms with Crippen molar-refractivity contribution in [2.75, 3.05) is 13.1 Å². The van der Waals surface area contributed by atoms with Crippen LogP contribution in [0.2, 0.25) is 0 Å². The van der Waals surface area contributed by atoms with Crippen molar-refractivity contribution in [1.29, 1.82) is 0 Å². The van der Waals surface area contributed by atoms with Gasteiger partial charge >= 0.3 is 0 Å². The Morgan fingerprint density at radius 2 is 1.88 bits per heavy atom. The van der Waals surface area contributed by atoms with E-state index in [1.807, 2.05) is 0 Å². The summed E-state index contributed by atoms with van der Waals surface area (Å²) in [5.41, 5.74) is 5.96. The molecule has 102 valence electrons. The second-order valence-electron chi connectivity index (χ2n) is 6.60. The van der Waals surface area contributed by atoms with E-state index in [0.29, 0.717) is 24.8 Å². The molecule has 0 aromatic rings. The van der Waals surface area contributed by atoms with Gasteiger partial charge in [0.15, 0.2) is 0 Å². The first-order valence-electron chi connectivity index (χ1n) is 6.71. The van der Waals surface area contributed by atoms with Crippen molar-refractivity contribution >= 4 is 5.91 Å². The molecule has 0 aliphatic carbocycles. The topological polar surface area (TPSA) is 55.1 Å².